The molecule has 12 rings (SSSR count). The Morgan fingerprint density at radius 1 is 0.621 bits per heavy atom. The largest absolute Gasteiger partial charge is 0.249 e. The topological polar surface area (TPSA) is 101 Å². The Balaban J connectivity index is 1.03. The monoisotopic (exact) mass is 760 g/mol. The van der Waals surface area contributed by atoms with E-state index in [2.05, 4.69) is 60.2 Å². The molecule has 1 fully saturated rings. The third-order valence-electron chi connectivity index (χ3n) is 14.2. The van der Waals surface area contributed by atoms with Crippen molar-refractivity contribution >= 4 is 51.8 Å². The lowest BCUT2D eigenvalue weighted by Crippen LogP contribution is -2.40. The number of aliphatic imine (C=N–C) groups is 3. The molecule has 58 heavy (non-hydrogen) atoms. The first kappa shape index (κ1) is 34.5. The molecule has 0 bridgehead atoms. The van der Waals surface area contributed by atoms with E-state index in [4.69, 9.17) is 29.9 Å². The summed E-state index contributed by atoms with van der Waals surface area (Å²) >= 11 is 0. The number of aryl methyl sites for hydroxylation is 2. The lowest BCUT2D eigenvalue weighted by Gasteiger charge is -2.39. The normalized spacial score (nSPS) is 24.7. The molecule has 4 aliphatic heterocycles. The molecule has 0 radical (unpaired) electrons. The van der Waals surface area contributed by atoms with E-state index in [1.54, 1.807) is 11.1 Å². The minimum absolute atomic E-state index is 0.222. The van der Waals surface area contributed by atoms with Gasteiger partial charge < -0.3 is 0 Å². The highest BCUT2D eigenvalue weighted by Crippen LogP contribution is 2.48. The van der Waals surface area contributed by atoms with Crippen LogP contribution in [0.5, 0.6) is 0 Å². The van der Waals surface area contributed by atoms with E-state index in [1.165, 1.54) is 48.0 Å². The fraction of sp³-hybridized carbons (Fsp3) is 0.400. The summed E-state index contributed by atoms with van der Waals surface area (Å²) in [5.74, 6) is 1.92. The molecular formula is C50H48N8. The zero-order chi connectivity index (χ0) is 38.5. The molecule has 4 unspecified atom stereocenters. The first-order valence-electron chi connectivity index (χ1n) is 22.1. The highest BCUT2D eigenvalue weighted by atomic mass is 15.0. The van der Waals surface area contributed by atoms with Crippen LogP contribution < -0.4 is 21.3 Å². The minimum atomic E-state index is 0.222. The summed E-state index contributed by atoms with van der Waals surface area (Å²) in [5.41, 5.74) is 17.8. The lowest BCUT2D eigenvalue weighted by atomic mass is 9.70. The van der Waals surface area contributed by atoms with Gasteiger partial charge in [-0.05, 0) is 136 Å². The van der Waals surface area contributed by atoms with E-state index in [0.717, 1.165) is 142 Å². The number of hydrogen-bond donors (Lipinski definition) is 0. The number of unbranched alkanes of at least 4 members (excludes halogenated alkanes) is 2. The molecule has 1 saturated carbocycles. The van der Waals surface area contributed by atoms with Gasteiger partial charge in [0.2, 0.25) is 0 Å². The van der Waals surface area contributed by atoms with Crippen LogP contribution in [0.4, 0.5) is 5.82 Å². The van der Waals surface area contributed by atoms with Gasteiger partial charge in [0.15, 0.2) is 17.0 Å². The van der Waals surface area contributed by atoms with Crippen molar-refractivity contribution in [2.75, 3.05) is 0 Å². The Kier molecular flexibility index (Phi) is 8.06. The summed E-state index contributed by atoms with van der Waals surface area (Å²) in [6.45, 7) is 4.60. The number of rotatable bonds is 6. The van der Waals surface area contributed by atoms with Crippen molar-refractivity contribution in [2.45, 2.75) is 104 Å². The molecule has 8 aliphatic rings. The SMILES string of the molecule is CCCCC1=C2CCC3C=c4cc5c(nc4N=C3C2=NC2=C3N=c4ncccc4=CC3CCC12)=C1N=C2C(=C(CCCC)C1CC5)CCc1cc3cccnc3nc12. The highest BCUT2D eigenvalue weighted by Gasteiger charge is 2.42. The standard InChI is InChI=1S/C50H48N8/c1-3-5-11-34-36-17-13-27-23-31-9-7-21-51-48(31)55-40(27)44(36)53-46-38(34)19-15-29-25-33-26-30-16-20-39-35(12-6-4-2)37-18-14-28-24-32-10-8-22-52-49(32)56-41(28)45(37)54-47(39)43(30)58-50(33)57-42(29)46/h7-10,21-27,29,36,39H,3-6,11-20H2,1-2H3. The molecule has 0 saturated heterocycles. The summed E-state index contributed by atoms with van der Waals surface area (Å²) in [7, 11) is 0. The van der Waals surface area contributed by atoms with Crippen molar-refractivity contribution in [1.29, 1.82) is 0 Å². The van der Waals surface area contributed by atoms with Crippen molar-refractivity contribution in [1.82, 2.24) is 19.9 Å². The summed E-state index contributed by atoms with van der Waals surface area (Å²) in [5, 5.41) is 4.42. The predicted molar refractivity (Wildman–Crippen MR) is 231 cm³/mol. The predicted octanol–water partition coefficient (Wildman–Crippen LogP) is 7.60. The fourth-order valence-electron chi connectivity index (χ4n) is 11.4. The van der Waals surface area contributed by atoms with Gasteiger partial charge in [0.25, 0.3) is 0 Å². The second kappa shape index (κ2) is 13.5. The van der Waals surface area contributed by atoms with Crippen molar-refractivity contribution in [3.8, 4) is 0 Å². The van der Waals surface area contributed by atoms with Gasteiger partial charge in [0.1, 0.15) is 0 Å². The molecule has 0 N–H and O–H groups in total. The van der Waals surface area contributed by atoms with Crippen LogP contribution in [0.1, 0.15) is 108 Å². The number of nitrogens with zero attached hydrogens (tertiary/aromatic N) is 8. The maximum atomic E-state index is 5.65. The molecule has 8 nitrogen and oxygen atoms in total. The average Bonchev–Trinajstić information content (AvgIpc) is 3.26. The third-order valence-corrected chi connectivity index (χ3v) is 14.2. The molecule has 8 heterocycles. The average molecular weight is 761 g/mol. The van der Waals surface area contributed by atoms with Gasteiger partial charge in [-0.2, -0.15) is 0 Å². The van der Waals surface area contributed by atoms with Crippen LogP contribution in [0.3, 0.4) is 0 Å². The van der Waals surface area contributed by atoms with E-state index in [-0.39, 0.29) is 17.8 Å². The molecule has 288 valence electrons. The summed E-state index contributed by atoms with van der Waals surface area (Å²) in [6.07, 6.45) is 23.9. The molecule has 8 heteroatoms. The number of allylic oxidation sites excluding steroid dienone is 4. The Morgan fingerprint density at radius 2 is 1.41 bits per heavy atom. The second-order valence-corrected chi connectivity index (χ2v) is 17.6. The maximum Gasteiger partial charge on any atom is 0.159 e. The Bertz CT molecular complexity index is 2960. The number of dihydropyridines is 2. The maximum absolute atomic E-state index is 5.65. The molecule has 4 aromatic heterocycles. The van der Waals surface area contributed by atoms with E-state index >= 15 is 0 Å². The van der Waals surface area contributed by atoms with Crippen LogP contribution in [0, 0.1) is 23.7 Å². The quantitative estimate of drug-likeness (QED) is 0.202. The molecule has 0 spiro atoms. The molecule has 4 aromatic rings. The van der Waals surface area contributed by atoms with E-state index < -0.39 is 0 Å². The van der Waals surface area contributed by atoms with Crippen LogP contribution in [-0.2, 0) is 12.8 Å². The van der Waals surface area contributed by atoms with Gasteiger partial charge in [-0.3, -0.25) is 0 Å². The zero-order valence-corrected chi connectivity index (χ0v) is 33.6. The summed E-state index contributed by atoms with van der Waals surface area (Å²) in [4.78, 5) is 42.1. The Hall–Kier alpha value is -5.50. The van der Waals surface area contributed by atoms with Gasteiger partial charge in [0, 0.05) is 51.9 Å². The van der Waals surface area contributed by atoms with Crippen LogP contribution >= 0.6 is 0 Å². The zero-order valence-electron chi connectivity index (χ0n) is 33.6. The first-order valence-corrected chi connectivity index (χ1v) is 22.1. The number of fused-ring (bicyclic) bond motifs is 13. The Morgan fingerprint density at radius 3 is 2.29 bits per heavy atom. The van der Waals surface area contributed by atoms with Crippen molar-refractivity contribution in [3.05, 3.63) is 121 Å². The smallest absolute Gasteiger partial charge is 0.159 e. The second-order valence-electron chi connectivity index (χ2n) is 17.6. The summed E-state index contributed by atoms with van der Waals surface area (Å²) < 4.78 is 0. The van der Waals surface area contributed by atoms with Crippen molar-refractivity contribution in [2.24, 2.45) is 43.6 Å². The summed E-state index contributed by atoms with van der Waals surface area (Å²) in [6, 6.07) is 13.0. The molecule has 4 atom stereocenters. The van der Waals surface area contributed by atoms with Crippen molar-refractivity contribution < 1.29 is 0 Å². The number of aromatic nitrogens is 4. The van der Waals surface area contributed by atoms with E-state index in [9.17, 15) is 0 Å². The van der Waals surface area contributed by atoms with Gasteiger partial charge in [0.05, 0.1) is 45.3 Å². The van der Waals surface area contributed by atoms with E-state index in [0.29, 0.717) is 5.92 Å². The van der Waals surface area contributed by atoms with Crippen molar-refractivity contribution in [3.63, 3.8) is 0 Å². The fourth-order valence-corrected chi connectivity index (χ4v) is 11.4. The van der Waals surface area contributed by atoms with Crippen LogP contribution in [0.2, 0.25) is 0 Å². The van der Waals surface area contributed by atoms with Gasteiger partial charge >= 0.3 is 0 Å². The van der Waals surface area contributed by atoms with Crippen LogP contribution in [0.25, 0.3) is 28.9 Å². The van der Waals surface area contributed by atoms with Gasteiger partial charge in [-0.25, -0.2) is 39.9 Å². The Labute approximate surface area is 338 Å². The van der Waals surface area contributed by atoms with Crippen LogP contribution in [0.15, 0.2) is 102 Å². The molecule has 0 amide bonds. The first-order chi connectivity index (χ1) is 28.6. The minimum Gasteiger partial charge on any atom is -0.249 e. The molecule has 0 aromatic carbocycles. The third kappa shape index (κ3) is 5.32. The molecular weight excluding hydrogens is 713 g/mol. The van der Waals surface area contributed by atoms with Gasteiger partial charge in [-0.1, -0.05) is 50.0 Å². The number of hydrogen-bond acceptors (Lipinski definition) is 8. The lowest BCUT2D eigenvalue weighted by molar-refractivity contribution is 0.476. The van der Waals surface area contributed by atoms with Crippen LogP contribution in [-0.4, -0.2) is 37.1 Å². The highest BCUT2D eigenvalue weighted by molar-refractivity contribution is 6.51. The van der Waals surface area contributed by atoms with E-state index in [1.807, 2.05) is 24.5 Å². The van der Waals surface area contributed by atoms with Gasteiger partial charge in [-0.15, -0.1) is 0 Å². The molecule has 4 aliphatic carbocycles. The number of pyridine rings is 4.